The van der Waals surface area contributed by atoms with Crippen molar-refractivity contribution in [3.05, 3.63) is 17.5 Å². The third kappa shape index (κ3) is 6.33. The van der Waals surface area contributed by atoms with Crippen molar-refractivity contribution in [2.24, 2.45) is 4.99 Å². The maximum atomic E-state index is 11.5. The van der Waals surface area contributed by atoms with Gasteiger partial charge in [0.05, 0.1) is 12.2 Å². The summed E-state index contributed by atoms with van der Waals surface area (Å²) in [6, 6.07) is 2.32. The number of piperidine rings is 1. The molecule has 0 spiro atoms. The third-order valence-electron chi connectivity index (χ3n) is 4.48. The standard InChI is InChI=1S/C18H32N6O2/c1-5-20-18(21-11-15-10-16(13(2)3)23-26-15)22-14-6-8-24(9-7-14)12-17(25)19-4/h10,13-14H,5-9,11-12H2,1-4H3,(H,19,25)(H2,20,21,22). The topological polar surface area (TPSA) is 94.8 Å². The summed E-state index contributed by atoms with van der Waals surface area (Å²) in [7, 11) is 1.68. The van der Waals surface area contributed by atoms with Crippen LogP contribution < -0.4 is 16.0 Å². The molecule has 2 rings (SSSR count). The number of aliphatic imine (C=N–C) groups is 1. The van der Waals surface area contributed by atoms with Gasteiger partial charge in [0.15, 0.2) is 11.7 Å². The van der Waals surface area contributed by atoms with E-state index >= 15 is 0 Å². The molecule has 0 saturated carbocycles. The molecule has 0 aromatic carbocycles. The van der Waals surface area contributed by atoms with Crippen LogP contribution in [0.1, 0.15) is 51.0 Å². The molecule has 1 aromatic rings. The Bertz CT molecular complexity index is 590. The van der Waals surface area contributed by atoms with Gasteiger partial charge in [-0.2, -0.15) is 0 Å². The molecule has 1 aromatic heterocycles. The number of guanidine groups is 1. The van der Waals surface area contributed by atoms with Crippen LogP contribution in [0.25, 0.3) is 0 Å². The summed E-state index contributed by atoms with van der Waals surface area (Å²) in [5, 5.41) is 13.5. The molecule has 0 aliphatic carbocycles. The van der Waals surface area contributed by atoms with E-state index in [1.54, 1.807) is 7.05 Å². The van der Waals surface area contributed by atoms with Crippen molar-refractivity contribution in [2.75, 3.05) is 33.2 Å². The first kappa shape index (κ1) is 20.2. The Labute approximate surface area is 155 Å². The van der Waals surface area contributed by atoms with Crippen molar-refractivity contribution in [1.82, 2.24) is 26.0 Å². The molecule has 26 heavy (non-hydrogen) atoms. The molecule has 0 bridgehead atoms. The maximum Gasteiger partial charge on any atom is 0.233 e. The molecule has 2 heterocycles. The number of nitrogens with one attached hydrogen (secondary N) is 3. The first-order valence-electron chi connectivity index (χ1n) is 9.45. The van der Waals surface area contributed by atoms with E-state index in [9.17, 15) is 4.79 Å². The van der Waals surface area contributed by atoms with E-state index in [1.807, 2.05) is 6.07 Å². The smallest absolute Gasteiger partial charge is 0.233 e. The van der Waals surface area contributed by atoms with Crippen LogP contribution in [0.15, 0.2) is 15.6 Å². The molecule has 8 heteroatoms. The Morgan fingerprint density at radius 1 is 1.42 bits per heavy atom. The lowest BCUT2D eigenvalue weighted by Crippen LogP contribution is -2.50. The average molecular weight is 364 g/mol. The van der Waals surface area contributed by atoms with Crippen LogP contribution in [0.3, 0.4) is 0 Å². The van der Waals surface area contributed by atoms with E-state index < -0.39 is 0 Å². The van der Waals surface area contributed by atoms with Crippen molar-refractivity contribution in [2.45, 2.75) is 52.1 Å². The van der Waals surface area contributed by atoms with Crippen LogP contribution in [0.2, 0.25) is 0 Å². The van der Waals surface area contributed by atoms with Crippen LogP contribution in [-0.2, 0) is 11.3 Å². The van der Waals surface area contributed by atoms with Crippen molar-refractivity contribution >= 4 is 11.9 Å². The van der Waals surface area contributed by atoms with Gasteiger partial charge in [-0.1, -0.05) is 19.0 Å². The number of carbonyl (C=O) groups is 1. The SMILES string of the molecule is CCNC(=NCc1cc(C(C)C)no1)NC1CCN(CC(=O)NC)CC1. The van der Waals surface area contributed by atoms with Gasteiger partial charge in [-0.3, -0.25) is 9.69 Å². The molecule has 0 atom stereocenters. The highest BCUT2D eigenvalue weighted by atomic mass is 16.5. The van der Waals surface area contributed by atoms with Crippen LogP contribution in [0.4, 0.5) is 0 Å². The van der Waals surface area contributed by atoms with Gasteiger partial charge >= 0.3 is 0 Å². The van der Waals surface area contributed by atoms with Crippen LogP contribution in [0, 0.1) is 0 Å². The van der Waals surface area contributed by atoms with Gasteiger partial charge in [-0.05, 0) is 25.7 Å². The lowest BCUT2D eigenvalue weighted by Gasteiger charge is -2.32. The summed E-state index contributed by atoms with van der Waals surface area (Å²) in [5.74, 6) is 1.98. The van der Waals surface area contributed by atoms with E-state index in [2.05, 4.69) is 51.8 Å². The van der Waals surface area contributed by atoms with Gasteiger partial charge in [-0.15, -0.1) is 0 Å². The first-order chi connectivity index (χ1) is 12.5. The number of hydrogen-bond donors (Lipinski definition) is 3. The molecule has 0 radical (unpaired) electrons. The lowest BCUT2D eigenvalue weighted by molar-refractivity contribution is -0.122. The predicted molar refractivity (Wildman–Crippen MR) is 102 cm³/mol. The molecule has 1 aliphatic rings. The molecule has 0 unspecified atom stereocenters. The maximum absolute atomic E-state index is 11.5. The second kappa shape index (κ2) is 10.2. The number of hydrogen-bond acceptors (Lipinski definition) is 5. The number of rotatable bonds is 7. The van der Waals surface area contributed by atoms with E-state index in [-0.39, 0.29) is 5.91 Å². The predicted octanol–water partition coefficient (Wildman–Crippen LogP) is 1.06. The van der Waals surface area contributed by atoms with Crippen molar-refractivity contribution in [3.63, 3.8) is 0 Å². The first-order valence-corrected chi connectivity index (χ1v) is 9.45. The number of aromatic nitrogens is 1. The Balaban J connectivity index is 1.84. The molecule has 3 N–H and O–H groups in total. The fourth-order valence-corrected chi connectivity index (χ4v) is 2.86. The molecule has 146 valence electrons. The van der Waals surface area contributed by atoms with Crippen LogP contribution >= 0.6 is 0 Å². The Morgan fingerprint density at radius 3 is 2.73 bits per heavy atom. The van der Waals surface area contributed by atoms with Crippen molar-refractivity contribution in [3.8, 4) is 0 Å². The minimum atomic E-state index is 0.0686. The molecule has 1 amide bonds. The monoisotopic (exact) mass is 364 g/mol. The highest BCUT2D eigenvalue weighted by Crippen LogP contribution is 2.14. The number of nitrogens with zero attached hydrogens (tertiary/aromatic N) is 3. The summed E-state index contributed by atoms with van der Waals surface area (Å²) in [6.07, 6.45) is 1.97. The summed E-state index contributed by atoms with van der Waals surface area (Å²) < 4.78 is 5.35. The van der Waals surface area contributed by atoms with Gasteiger partial charge < -0.3 is 20.5 Å². The minimum Gasteiger partial charge on any atom is -0.359 e. The van der Waals surface area contributed by atoms with Crippen molar-refractivity contribution in [1.29, 1.82) is 0 Å². The van der Waals surface area contributed by atoms with Gasteiger partial charge in [-0.25, -0.2) is 4.99 Å². The summed E-state index contributed by atoms with van der Waals surface area (Å²) in [5.41, 5.74) is 0.955. The van der Waals surface area contributed by atoms with Crippen LogP contribution in [-0.4, -0.2) is 61.2 Å². The fourth-order valence-electron chi connectivity index (χ4n) is 2.86. The van der Waals surface area contributed by atoms with Gasteiger partial charge in [0.1, 0.15) is 6.54 Å². The van der Waals surface area contributed by atoms with Gasteiger partial charge in [0.25, 0.3) is 0 Å². The Morgan fingerprint density at radius 2 is 2.15 bits per heavy atom. The molecular formula is C18H32N6O2. The van der Waals surface area contributed by atoms with Gasteiger partial charge in [0, 0.05) is 38.8 Å². The highest BCUT2D eigenvalue weighted by molar-refractivity contribution is 5.80. The summed E-state index contributed by atoms with van der Waals surface area (Å²) >= 11 is 0. The van der Waals surface area contributed by atoms with E-state index in [4.69, 9.17) is 4.52 Å². The largest absolute Gasteiger partial charge is 0.359 e. The quantitative estimate of drug-likeness (QED) is 0.495. The highest BCUT2D eigenvalue weighted by Gasteiger charge is 2.21. The number of amides is 1. The summed E-state index contributed by atoms with van der Waals surface area (Å²) in [6.45, 7) is 9.78. The number of likely N-dealkylation sites (tertiary alicyclic amines) is 1. The molecular weight excluding hydrogens is 332 g/mol. The second-order valence-electron chi connectivity index (χ2n) is 6.94. The third-order valence-corrected chi connectivity index (χ3v) is 4.48. The minimum absolute atomic E-state index is 0.0686. The fraction of sp³-hybridized carbons (Fsp3) is 0.722. The zero-order valence-electron chi connectivity index (χ0n) is 16.3. The zero-order chi connectivity index (χ0) is 18.9. The molecule has 1 saturated heterocycles. The van der Waals surface area contributed by atoms with Gasteiger partial charge in [0.2, 0.25) is 5.91 Å². The molecule has 1 aliphatic heterocycles. The van der Waals surface area contributed by atoms with Crippen LogP contribution in [0.5, 0.6) is 0 Å². The number of likely N-dealkylation sites (N-methyl/N-ethyl adjacent to an activating group) is 1. The van der Waals surface area contributed by atoms with Crippen molar-refractivity contribution < 1.29 is 9.32 Å². The van der Waals surface area contributed by atoms with E-state index in [0.717, 1.165) is 49.9 Å². The normalized spacial score (nSPS) is 16.7. The lowest BCUT2D eigenvalue weighted by atomic mass is 10.1. The number of carbonyl (C=O) groups excluding carboxylic acids is 1. The zero-order valence-corrected chi connectivity index (χ0v) is 16.3. The van der Waals surface area contributed by atoms with E-state index in [0.29, 0.717) is 25.0 Å². The van der Waals surface area contributed by atoms with E-state index in [1.165, 1.54) is 0 Å². The average Bonchev–Trinajstić information content (AvgIpc) is 3.11. The Hall–Kier alpha value is -2.09. The summed E-state index contributed by atoms with van der Waals surface area (Å²) in [4.78, 5) is 18.3. The molecule has 8 nitrogen and oxygen atoms in total. The Kier molecular flexibility index (Phi) is 7.90. The molecule has 1 fully saturated rings. The second-order valence-corrected chi connectivity index (χ2v) is 6.94.